The van der Waals surface area contributed by atoms with Crippen LogP contribution in [0.15, 0.2) is 47.6 Å². The van der Waals surface area contributed by atoms with Crippen LogP contribution < -0.4 is 0 Å². The van der Waals surface area contributed by atoms with Crippen LogP contribution in [-0.2, 0) is 11.3 Å². The van der Waals surface area contributed by atoms with Gasteiger partial charge in [-0.3, -0.25) is 4.79 Å². The van der Waals surface area contributed by atoms with Crippen molar-refractivity contribution in [2.75, 3.05) is 12.8 Å². The van der Waals surface area contributed by atoms with Crippen molar-refractivity contribution in [3.8, 4) is 5.69 Å². The number of rotatable bonds is 6. The second-order valence-corrected chi connectivity index (χ2v) is 7.64. The van der Waals surface area contributed by atoms with Gasteiger partial charge in [-0.1, -0.05) is 47.6 Å². The van der Waals surface area contributed by atoms with Crippen molar-refractivity contribution in [2.24, 2.45) is 0 Å². The second-order valence-electron chi connectivity index (χ2n) is 6.26. The molecule has 0 fully saturated rings. The lowest BCUT2D eigenvalue weighted by molar-refractivity contribution is -0.127. The predicted molar refractivity (Wildman–Crippen MR) is 107 cm³/mol. The first-order valence-electron chi connectivity index (χ1n) is 8.42. The summed E-state index contributed by atoms with van der Waals surface area (Å²) in [4.78, 5) is 14.2. The van der Waals surface area contributed by atoms with Gasteiger partial charge < -0.3 is 4.90 Å². The lowest BCUT2D eigenvalue weighted by Crippen LogP contribution is -2.27. The van der Waals surface area contributed by atoms with Crippen LogP contribution in [0.3, 0.4) is 0 Å². The summed E-state index contributed by atoms with van der Waals surface area (Å²) in [5.74, 6) is 0.248. The molecule has 140 valence electrons. The lowest BCUT2D eigenvalue weighted by atomic mass is 10.1. The summed E-state index contributed by atoms with van der Waals surface area (Å²) in [5.41, 5.74) is 4.18. The molecule has 0 unspecified atom stereocenters. The lowest BCUT2D eigenvalue weighted by Gasteiger charge is -2.17. The van der Waals surface area contributed by atoms with Crippen LogP contribution in [-0.4, -0.2) is 43.8 Å². The topological polar surface area (TPSA) is 63.9 Å². The van der Waals surface area contributed by atoms with Crippen molar-refractivity contribution < 1.29 is 4.79 Å². The number of nitrogens with zero attached hydrogens (tertiary/aromatic N) is 5. The molecule has 0 aliphatic carbocycles. The van der Waals surface area contributed by atoms with Gasteiger partial charge >= 0.3 is 0 Å². The number of benzene rings is 2. The quantitative estimate of drug-likeness (QED) is 0.589. The summed E-state index contributed by atoms with van der Waals surface area (Å²) in [7, 11) is 1.78. The fraction of sp³-hybridized carbons (Fsp3) is 0.263. The van der Waals surface area contributed by atoms with E-state index in [1.165, 1.54) is 11.8 Å². The molecular formula is C19H20ClN5OS. The molecule has 0 atom stereocenters. The van der Waals surface area contributed by atoms with E-state index in [9.17, 15) is 4.79 Å². The van der Waals surface area contributed by atoms with Crippen molar-refractivity contribution in [3.05, 3.63) is 64.2 Å². The summed E-state index contributed by atoms with van der Waals surface area (Å²) >= 11 is 7.33. The molecule has 27 heavy (non-hydrogen) atoms. The smallest absolute Gasteiger partial charge is 0.233 e. The Kier molecular flexibility index (Phi) is 6.13. The highest BCUT2D eigenvalue weighted by molar-refractivity contribution is 7.99. The van der Waals surface area contributed by atoms with Gasteiger partial charge in [0, 0.05) is 18.6 Å². The summed E-state index contributed by atoms with van der Waals surface area (Å²) < 4.78 is 1.68. The minimum absolute atomic E-state index is 0.00418. The van der Waals surface area contributed by atoms with Gasteiger partial charge in [-0.05, 0) is 59.2 Å². The summed E-state index contributed by atoms with van der Waals surface area (Å²) in [5, 5.41) is 13.2. The molecule has 3 aromatic rings. The Morgan fingerprint density at radius 3 is 2.78 bits per heavy atom. The van der Waals surface area contributed by atoms with Crippen molar-refractivity contribution >= 4 is 29.3 Å². The van der Waals surface area contributed by atoms with Gasteiger partial charge in [0.05, 0.1) is 11.4 Å². The Morgan fingerprint density at radius 1 is 1.22 bits per heavy atom. The van der Waals surface area contributed by atoms with E-state index in [0.29, 0.717) is 16.7 Å². The van der Waals surface area contributed by atoms with E-state index in [0.717, 1.165) is 22.4 Å². The Labute approximate surface area is 167 Å². The minimum atomic E-state index is -0.00418. The van der Waals surface area contributed by atoms with Crippen LogP contribution in [0.5, 0.6) is 0 Å². The zero-order valence-corrected chi connectivity index (χ0v) is 17.0. The molecule has 0 saturated carbocycles. The predicted octanol–water partition coefficient (Wildman–Crippen LogP) is 3.68. The number of hydrogen-bond acceptors (Lipinski definition) is 5. The molecule has 0 aliphatic rings. The first-order valence-corrected chi connectivity index (χ1v) is 9.78. The van der Waals surface area contributed by atoms with Crippen molar-refractivity contribution in [3.63, 3.8) is 0 Å². The van der Waals surface area contributed by atoms with Crippen molar-refractivity contribution in [1.82, 2.24) is 25.1 Å². The zero-order chi connectivity index (χ0) is 19.4. The number of hydrogen-bond donors (Lipinski definition) is 0. The highest BCUT2D eigenvalue weighted by atomic mass is 35.5. The third-order valence-electron chi connectivity index (χ3n) is 4.30. The number of thioether (sulfide) groups is 1. The van der Waals surface area contributed by atoms with Gasteiger partial charge in [0.2, 0.25) is 11.1 Å². The normalized spacial score (nSPS) is 10.8. The van der Waals surface area contributed by atoms with Gasteiger partial charge in [0.25, 0.3) is 0 Å². The van der Waals surface area contributed by atoms with Gasteiger partial charge in [-0.25, -0.2) is 0 Å². The van der Waals surface area contributed by atoms with Gasteiger partial charge in [0.1, 0.15) is 0 Å². The molecule has 0 N–H and O–H groups in total. The SMILES string of the molecule is Cc1cccc(-n2nnnc2SCC(=O)N(C)Cc2cccc(Cl)c2)c1C. The van der Waals surface area contributed by atoms with Crippen molar-refractivity contribution in [2.45, 2.75) is 25.5 Å². The van der Waals surface area contributed by atoms with Gasteiger partial charge in [-0.2, -0.15) is 4.68 Å². The molecule has 0 bridgehead atoms. The van der Waals surface area contributed by atoms with Crippen LogP contribution in [0.25, 0.3) is 5.69 Å². The molecule has 6 nitrogen and oxygen atoms in total. The molecular weight excluding hydrogens is 382 g/mol. The fourth-order valence-corrected chi connectivity index (χ4v) is 3.66. The summed E-state index contributed by atoms with van der Waals surface area (Å²) in [6, 6.07) is 13.5. The Morgan fingerprint density at radius 2 is 2.00 bits per heavy atom. The molecule has 1 amide bonds. The number of amides is 1. The van der Waals surface area contributed by atoms with Crippen LogP contribution in [0.4, 0.5) is 0 Å². The van der Waals surface area contributed by atoms with Crippen LogP contribution in [0.1, 0.15) is 16.7 Å². The first-order chi connectivity index (χ1) is 13.0. The van der Waals surface area contributed by atoms with E-state index in [1.807, 2.05) is 56.3 Å². The Bertz CT molecular complexity index is 959. The number of carbonyl (C=O) groups is 1. The van der Waals surface area contributed by atoms with E-state index >= 15 is 0 Å². The maximum Gasteiger partial charge on any atom is 0.233 e. The van der Waals surface area contributed by atoms with Crippen LogP contribution in [0, 0.1) is 13.8 Å². The summed E-state index contributed by atoms with van der Waals surface area (Å²) in [6.07, 6.45) is 0. The van der Waals surface area contributed by atoms with E-state index in [2.05, 4.69) is 15.5 Å². The van der Waals surface area contributed by atoms with Crippen LogP contribution >= 0.6 is 23.4 Å². The molecule has 1 heterocycles. The monoisotopic (exact) mass is 401 g/mol. The number of halogens is 1. The van der Waals surface area contributed by atoms with Crippen LogP contribution in [0.2, 0.25) is 5.02 Å². The minimum Gasteiger partial charge on any atom is -0.341 e. The number of carbonyl (C=O) groups excluding carboxylic acids is 1. The highest BCUT2D eigenvalue weighted by Crippen LogP contribution is 2.22. The zero-order valence-electron chi connectivity index (χ0n) is 15.4. The molecule has 0 spiro atoms. The molecule has 3 rings (SSSR count). The molecule has 0 saturated heterocycles. The van der Waals surface area contributed by atoms with E-state index < -0.39 is 0 Å². The average Bonchev–Trinajstić information content (AvgIpc) is 3.10. The number of tetrazole rings is 1. The molecule has 0 aliphatic heterocycles. The second kappa shape index (κ2) is 8.54. The Balaban J connectivity index is 1.66. The van der Waals surface area contributed by atoms with Crippen molar-refractivity contribution in [1.29, 1.82) is 0 Å². The van der Waals surface area contributed by atoms with E-state index in [-0.39, 0.29) is 11.7 Å². The van der Waals surface area contributed by atoms with E-state index in [4.69, 9.17) is 11.6 Å². The average molecular weight is 402 g/mol. The fourth-order valence-electron chi connectivity index (χ4n) is 2.62. The maximum atomic E-state index is 12.5. The van der Waals surface area contributed by atoms with Gasteiger partial charge in [0.15, 0.2) is 0 Å². The molecule has 2 aromatic carbocycles. The largest absolute Gasteiger partial charge is 0.341 e. The standard InChI is InChI=1S/C19H20ClN5OS/c1-13-6-4-9-17(14(13)2)25-19(21-22-23-25)27-12-18(26)24(3)11-15-7-5-8-16(20)10-15/h4-10H,11-12H2,1-3H3. The van der Waals surface area contributed by atoms with E-state index in [1.54, 1.807) is 16.6 Å². The third-order valence-corrected chi connectivity index (χ3v) is 5.44. The number of aromatic nitrogens is 4. The highest BCUT2D eigenvalue weighted by Gasteiger charge is 2.16. The summed E-state index contributed by atoms with van der Waals surface area (Å²) in [6.45, 7) is 4.58. The number of aryl methyl sites for hydroxylation is 1. The molecule has 0 radical (unpaired) electrons. The van der Waals surface area contributed by atoms with Gasteiger partial charge in [-0.15, -0.1) is 5.10 Å². The third kappa shape index (κ3) is 4.67. The Hall–Kier alpha value is -2.38. The maximum absolute atomic E-state index is 12.5. The molecule has 8 heteroatoms. The first kappa shape index (κ1) is 19.4. The molecule has 1 aromatic heterocycles.